The molecule has 3 aromatic rings. The number of fused-ring (bicyclic) bond motifs is 1. The summed E-state index contributed by atoms with van der Waals surface area (Å²) < 4.78 is 12.5. The van der Waals surface area contributed by atoms with E-state index in [1.807, 2.05) is 43.5 Å². The van der Waals surface area contributed by atoms with Crippen LogP contribution in [0.3, 0.4) is 0 Å². The largest absolute Gasteiger partial charge is 0.467 e. The summed E-state index contributed by atoms with van der Waals surface area (Å²) in [7, 11) is 0. The Morgan fingerprint density at radius 3 is 2.96 bits per heavy atom. The van der Waals surface area contributed by atoms with Gasteiger partial charge in [-0.2, -0.15) is 5.10 Å². The van der Waals surface area contributed by atoms with Gasteiger partial charge >= 0.3 is 0 Å². The van der Waals surface area contributed by atoms with Gasteiger partial charge in [0.05, 0.1) is 12.0 Å². The lowest BCUT2D eigenvalue weighted by Crippen LogP contribution is -2.25. The fourth-order valence-electron chi connectivity index (χ4n) is 3.10. The SMILES string of the molecule is Cc1cc2nc(C)c(CCC(=O)NCCCOCc3ccco3)c(C)n2n1. The zero-order valence-corrected chi connectivity index (χ0v) is 16.1. The highest BCUT2D eigenvalue weighted by Gasteiger charge is 2.12. The second-order valence-electron chi connectivity index (χ2n) is 6.65. The molecule has 3 aromatic heterocycles. The average molecular weight is 370 g/mol. The molecule has 0 bridgehead atoms. The van der Waals surface area contributed by atoms with Crippen LogP contribution in [0.2, 0.25) is 0 Å². The van der Waals surface area contributed by atoms with Crippen molar-refractivity contribution in [1.29, 1.82) is 0 Å². The highest BCUT2D eigenvalue weighted by Crippen LogP contribution is 2.17. The molecule has 0 radical (unpaired) electrons. The standard InChI is InChI=1S/C20H26N4O3/c1-14-12-19-22-15(2)18(16(3)24(19)23-14)7-8-20(25)21-9-5-10-26-13-17-6-4-11-27-17/h4,6,11-12H,5,7-10,13H2,1-3H3,(H,21,25). The predicted molar refractivity (Wildman–Crippen MR) is 102 cm³/mol. The number of nitrogens with one attached hydrogen (secondary N) is 1. The molecule has 0 saturated heterocycles. The first-order chi connectivity index (χ1) is 13.0. The molecule has 0 saturated carbocycles. The fourth-order valence-corrected chi connectivity index (χ4v) is 3.10. The molecule has 0 aliphatic carbocycles. The van der Waals surface area contributed by atoms with E-state index in [9.17, 15) is 4.79 Å². The summed E-state index contributed by atoms with van der Waals surface area (Å²) in [6, 6.07) is 5.68. The van der Waals surface area contributed by atoms with Crippen LogP contribution < -0.4 is 5.32 Å². The minimum absolute atomic E-state index is 0.0385. The maximum Gasteiger partial charge on any atom is 0.220 e. The van der Waals surface area contributed by atoms with Crippen LogP contribution in [0.1, 0.15) is 41.2 Å². The smallest absolute Gasteiger partial charge is 0.220 e. The minimum Gasteiger partial charge on any atom is -0.467 e. The van der Waals surface area contributed by atoms with Crippen molar-refractivity contribution in [3.05, 3.63) is 52.9 Å². The Labute approximate surface area is 158 Å². The van der Waals surface area contributed by atoms with Crippen LogP contribution in [-0.4, -0.2) is 33.7 Å². The molecule has 144 valence electrons. The van der Waals surface area contributed by atoms with Crippen molar-refractivity contribution in [2.45, 2.75) is 46.6 Å². The highest BCUT2D eigenvalue weighted by atomic mass is 16.5. The van der Waals surface area contributed by atoms with Crippen molar-refractivity contribution in [3.8, 4) is 0 Å². The van der Waals surface area contributed by atoms with Gasteiger partial charge in [-0.15, -0.1) is 0 Å². The number of aryl methyl sites for hydroxylation is 3. The summed E-state index contributed by atoms with van der Waals surface area (Å²) in [5.74, 6) is 0.847. The molecular weight excluding hydrogens is 344 g/mol. The number of hydrogen-bond donors (Lipinski definition) is 1. The Bertz CT molecular complexity index is 900. The van der Waals surface area contributed by atoms with Crippen molar-refractivity contribution in [2.75, 3.05) is 13.2 Å². The summed E-state index contributed by atoms with van der Waals surface area (Å²) in [5, 5.41) is 7.41. The molecule has 0 aliphatic heterocycles. The van der Waals surface area contributed by atoms with Crippen LogP contribution in [0.15, 0.2) is 28.9 Å². The Kier molecular flexibility index (Phi) is 6.24. The molecule has 3 heterocycles. The number of aromatic nitrogens is 3. The van der Waals surface area contributed by atoms with E-state index in [1.165, 1.54) is 0 Å². The molecule has 0 aliphatic rings. The second kappa shape index (κ2) is 8.81. The van der Waals surface area contributed by atoms with Gasteiger partial charge in [0.15, 0.2) is 5.65 Å². The molecule has 1 amide bonds. The summed E-state index contributed by atoms with van der Waals surface area (Å²) in [6.45, 7) is 7.61. The van der Waals surface area contributed by atoms with Gasteiger partial charge in [-0.05, 0) is 51.3 Å². The van der Waals surface area contributed by atoms with Crippen LogP contribution >= 0.6 is 0 Å². The van der Waals surface area contributed by atoms with Crippen molar-refractivity contribution >= 4 is 11.6 Å². The minimum atomic E-state index is 0.0385. The summed E-state index contributed by atoms with van der Waals surface area (Å²) in [4.78, 5) is 16.7. The molecule has 27 heavy (non-hydrogen) atoms. The van der Waals surface area contributed by atoms with Crippen LogP contribution in [-0.2, 0) is 22.6 Å². The zero-order valence-electron chi connectivity index (χ0n) is 16.1. The van der Waals surface area contributed by atoms with Gasteiger partial charge in [0.2, 0.25) is 5.91 Å². The number of amides is 1. The van der Waals surface area contributed by atoms with Crippen molar-refractivity contribution in [2.24, 2.45) is 0 Å². The summed E-state index contributed by atoms with van der Waals surface area (Å²) >= 11 is 0. The van der Waals surface area contributed by atoms with Gasteiger partial charge < -0.3 is 14.5 Å². The van der Waals surface area contributed by atoms with Gasteiger partial charge in [0.1, 0.15) is 12.4 Å². The average Bonchev–Trinajstić information content (AvgIpc) is 3.27. The topological polar surface area (TPSA) is 81.7 Å². The van der Waals surface area contributed by atoms with Crippen LogP contribution in [0.25, 0.3) is 5.65 Å². The van der Waals surface area contributed by atoms with Crippen molar-refractivity contribution in [1.82, 2.24) is 19.9 Å². The van der Waals surface area contributed by atoms with E-state index in [4.69, 9.17) is 9.15 Å². The maximum atomic E-state index is 12.1. The van der Waals surface area contributed by atoms with Crippen LogP contribution in [0.5, 0.6) is 0 Å². The molecule has 7 nitrogen and oxygen atoms in total. The summed E-state index contributed by atoms with van der Waals surface area (Å²) in [5.41, 5.74) is 4.88. The lowest BCUT2D eigenvalue weighted by Gasteiger charge is -2.11. The summed E-state index contributed by atoms with van der Waals surface area (Å²) in [6.07, 6.45) is 3.48. The van der Waals surface area contributed by atoms with Crippen LogP contribution in [0, 0.1) is 20.8 Å². The van der Waals surface area contributed by atoms with Gasteiger partial charge in [-0.3, -0.25) is 4.79 Å². The van der Waals surface area contributed by atoms with E-state index in [2.05, 4.69) is 15.4 Å². The molecule has 3 rings (SSSR count). The predicted octanol–water partition coefficient (Wildman–Crippen LogP) is 2.90. The molecule has 0 fully saturated rings. The highest BCUT2D eigenvalue weighted by molar-refractivity contribution is 5.76. The lowest BCUT2D eigenvalue weighted by atomic mass is 10.1. The zero-order chi connectivity index (χ0) is 19.2. The van der Waals surface area contributed by atoms with Gasteiger partial charge in [0.25, 0.3) is 0 Å². The van der Waals surface area contributed by atoms with Gasteiger partial charge in [0, 0.05) is 37.0 Å². The number of rotatable bonds is 9. The van der Waals surface area contributed by atoms with E-state index in [0.717, 1.165) is 40.5 Å². The van der Waals surface area contributed by atoms with E-state index in [-0.39, 0.29) is 5.91 Å². The second-order valence-corrected chi connectivity index (χ2v) is 6.65. The van der Waals surface area contributed by atoms with Crippen LogP contribution in [0.4, 0.5) is 0 Å². The van der Waals surface area contributed by atoms with Gasteiger partial charge in [-0.1, -0.05) is 0 Å². The Balaban J connectivity index is 1.40. The van der Waals surface area contributed by atoms with Crippen molar-refractivity contribution in [3.63, 3.8) is 0 Å². The Hall–Kier alpha value is -2.67. The maximum absolute atomic E-state index is 12.1. The first-order valence-electron chi connectivity index (χ1n) is 9.24. The number of carbonyl (C=O) groups excluding carboxylic acids is 1. The Morgan fingerprint density at radius 1 is 1.33 bits per heavy atom. The third kappa shape index (κ3) is 4.95. The lowest BCUT2D eigenvalue weighted by molar-refractivity contribution is -0.121. The molecule has 0 unspecified atom stereocenters. The molecular formula is C20H26N4O3. The Morgan fingerprint density at radius 2 is 2.19 bits per heavy atom. The molecule has 0 spiro atoms. The molecule has 1 N–H and O–H groups in total. The normalized spacial score (nSPS) is 11.2. The first-order valence-corrected chi connectivity index (χ1v) is 9.24. The molecule has 7 heteroatoms. The quantitative estimate of drug-likeness (QED) is 0.586. The van der Waals surface area contributed by atoms with E-state index >= 15 is 0 Å². The number of furan rings is 1. The number of hydrogen-bond acceptors (Lipinski definition) is 5. The first kappa shape index (κ1) is 19.1. The third-order valence-corrected chi connectivity index (χ3v) is 4.50. The molecule has 0 atom stereocenters. The van der Waals surface area contributed by atoms with E-state index in [0.29, 0.717) is 32.6 Å². The number of nitrogens with zero attached hydrogens (tertiary/aromatic N) is 3. The fraction of sp³-hybridized carbons (Fsp3) is 0.450. The van der Waals surface area contributed by atoms with Crippen molar-refractivity contribution < 1.29 is 13.9 Å². The molecule has 0 aromatic carbocycles. The van der Waals surface area contributed by atoms with E-state index < -0.39 is 0 Å². The monoisotopic (exact) mass is 370 g/mol. The van der Waals surface area contributed by atoms with E-state index in [1.54, 1.807) is 6.26 Å². The third-order valence-electron chi connectivity index (χ3n) is 4.50. The number of carbonyl (C=O) groups is 1. The van der Waals surface area contributed by atoms with Gasteiger partial charge in [-0.25, -0.2) is 9.50 Å². The number of ether oxygens (including phenoxy) is 1.